The van der Waals surface area contributed by atoms with Gasteiger partial charge in [-0.1, -0.05) is 0 Å². The molecule has 1 aromatic heterocycles. The van der Waals surface area contributed by atoms with Gasteiger partial charge in [0, 0.05) is 0 Å². The standard InChI is InChI=1S/C9H7F2N3O2/c1-16-9(15)7-4(8(10)11)2-5(13)6(3-12)14-7/h2,8H,13H2,1H3. The van der Waals surface area contributed by atoms with E-state index >= 15 is 0 Å². The molecule has 0 amide bonds. The number of ether oxygens (including phenoxy) is 1. The van der Waals surface area contributed by atoms with Crippen molar-refractivity contribution in [2.75, 3.05) is 12.8 Å². The van der Waals surface area contributed by atoms with Gasteiger partial charge in [0.05, 0.1) is 18.4 Å². The molecule has 0 fully saturated rings. The number of carbonyl (C=O) groups excluding carboxylic acids is 1. The third kappa shape index (κ3) is 2.06. The Bertz CT molecular complexity index is 469. The van der Waals surface area contributed by atoms with Crippen LogP contribution in [0.2, 0.25) is 0 Å². The summed E-state index contributed by atoms with van der Waals surface area (Å²) in [4.78, 5) is 14.6. The number of anilines is 1. The topological polar surface area (TPSA) is 89.0 Å². The van der Waals surface area contributed by atoms with Crippen LogP contribution < -0.4 is 5.73 Å². The molecule has 0 aliphatic rings. The lowest BCUT2D eigenvalue weighted by Gasteiger charge is -2.07. The first-order valence-electron chi connectivity index (χ1n) is 4.08. The minimum absolute atomic E-state index is 0.203. The number of halogens is 2. The van der Waals surface area contributed by atoms with Crippen LogP contribution >= 0.6 is 0 Å². The van der Waals surface area contributed by atoms with Crippen LogP contribution in [-0.4, -0.2) is 18.1 Å². The van der Waals surface area contributed by atoms with Crippen molar-refractivity contribution >= 4 is 11.7 Å². The van der Waals surface area contributed by atoms with E-state index in [4.69, 9.17) is 11.0 Å². The second-order valence-corrected chi connectivity index (χ2v) is 2.77. The van der Waals surface area contributed by atoms with E-state index in [0.717, 1.165) is 13.2 Å². The maximum Gasteiger partial charge on any atom is 0.357 e. The molecule has 0 saturated carbocycles. The monoisotopic (exact) mass is 227 g/mol. The summed E-state index contributed by atoms with van der Waals surface area (Å²) in [7, 11) is 1.03. The quantitative estimate of drug-likeness (QED) is 0.768. The Kier molecular flexibility index (Phi) is 3.35. The summed E-state index contributed by atoms with van der Waals surface area (Å²) in [6.45, 7) is 0. The molecule has 0 aliphatic carbocycles. The lowest BCUT2D eigenvalue weighted by atomic mass is 10.1. The molecule has 7 heteroatoms. The van der Waals surface area contributed by atoms with Gasteiger partial charge in [-0.25, -0.2) is 18.6 Å². The summed E-state index contributed by atoms with van der Waals surface area (Å²) in [6.07, 6.45) is -2.92. The molecule has 1 heterocycles. The van der Waals surface area contributed by atoms with E-state index in [2.05, 4.69) is 9.72 Å². The van der Waals surface area contributed by atoms with Crippen molar-refractivity contribution in [3.63, 3.8) is 0 Å². The number of methoxy groups -OCH3 is 1. The molecule has 0 aromatic carbocycles. The SMILES string of the molecule is COC(=O)c1nc(C#N)c(N)cc1C(F)F. The van der Waals surface area contributed by atoms with Crippen molar-refractivity contribution in [1.82, 2.24) is 4.98 Å². The maximum absolute atomic E-state index is 12.6. The zero-order valence-corrected chi connectivity index (χ0v) is 8.20. The predicted octanol–water partition coefficient (Wildman–Crippen LogP) is 1.26. The third-order valence-corrected chi connectivity index (χ3v) is 1.80. The van der Waals surface area contributed by atoms with Crippen LogP contribution in [0.3, 0.4) is 0 Å². The summed E-state index contributed by atoms with van der Waals surface area (Å²) < 4.78 is 29.4. The highest BCUT2D eigenvalue weighted by Crippen LogP contribution is 2.25. The van der Waals surface area contributed by atoms with Crippen molar-refractivity contribution in [3.05, 3.63) is 23.0 Å². The zero-order valence-electron chi connectivity index (χ0n) is 8.20. The van der Waals surface area contributed by atoms with Gasteiger partial charge in [0.25, 0.3) is 6.43 Å². The number of aromatic nitrogens is 1. The number of nitriles is 1. The fourth-order valence-electron chi connectivity index (χ4n) is 1.06. The lowest BCUT2D eigenvalue weighted by molar-refractivity contribution is 0.0581. The van der Waals surface area contributed by atoms with Crippen LogP contribution in [-0.2, 0) is 4.74 Å². The normalized spacial score (nSPS) is 9.94. The van der Waals surface area contributed by atoms with E-state index < -0.39 is 23.7 Å². The van der Waals surface area contributed by atoms with E-state index in [0.29, 0.717) is 0 Å². The summed E-state index contributed by atoms with van der Waals surface area (Å²) in [5.41, 5.74) is 3.58. The number of pyridine rings is 1. The molecule has 1 rings (SSSR count). The summed E-state index contributed by atoms with van der Waals surface area (Å²) in [6, 6.07) is 2.44. The molecule has 84 valence electrons. The number of esters is 1. The number of hydrogen-bond donors (Lipinski definition) is 1. The first kappa shape index (κ1) is 11.8. The largest absolute Gasteiger partial charge is 0.464 e. The molecule has 0 atom stereocenters. The highest BCUT2D eigenvalue weighted by molar-refractivity contribution is 5.89. The van der Waals surface area contributed by atoms with Gasteiger partial charge in [0.2, 0.25) is 0 Å². The Morgan fingerprint density at radius 3 is 2.75 bits per heavy atom. The van der Waals surface area contributed by atoms with Crippen LogP contribution in [0.4, 0.5) is 14.5 Å². The second-order valence-electron chi connectivity index (χ2n) is 2.77. The second kappa shape index (κ2) is 4.53. The van der Waals surface area contributed by atoms with Gasteiger partial charge in [-0.2, -0.15) is 5.26 Å². The first-order valence-corrected chi connectivity index (χ1v) is 4.08. The molecular weight excluding hydrogens is 220 g/mol. The number of nitrogens with zero attached hydrogens (tertiary/aromatic N) is 2. The highest BCUT2D eigenvalue weighted by Gasteiger charge is 2.22. The molecule has 1 aromatic rings. The molecule has 0 radical (unpaired) electrons. The Balaban J connectivity index is 3.44. The van der Waals surface area contributed by atoms with Gasteiger partial charge < -0.3 is 10.5 Å². The molecule has 0 aliphatic heterocycles. The Morgan fingerprint density at radius 1 is 1.69 bits per heavy atom. The van der Waals surface area contributed by atoms with Gasteiger partial charge in [0.1, 0.15) is 6.07 Å². The van der Waals surface area contributed by atoms with E-state index in [9.17, 15) is 13.6 Å². The third-order valence-electron chi connectivity index (χ3n) is 1.80. The molecule has 5 nitrogen and oxygen atoms in total. The van der Waals surface area contributed by atoms with E-state index in [-0.39, 0.29) is 11.4 Å². The smallest absolute Gasteiger partial charge is 0.357 e. The van der Waals surface area contributed by atoms with E-state index in [1.54, 1.807) is 6.07 Å². The summed E-state index contributed by atoms with van der Waals surface area (Å²) in [5, 5.41) is 8.59. The van der Waals surface area contributed by atoms with E-state index in [1.165, 1.54) is 0 Å². The van der Waals surface area contributed by atoms with Crippen LogP contribution in [0.25, 0.3) is 0 Å². The number of rotatable bonds is 2. The number of carbonyl (C=O) groups is 1. The van der Waals surface area contributed by atoms with Crippen LogP contribution in [0.15, 0.2) is 6.07 Å². The molecule has 0 unspecified atom stereocenters. The fourth-order valence-corrected chi connectivity index (χ4v) is 1.06. The highest BCUT2D eigenvalue weighted by atomic mass is 19.3. The minimum atomic E-state index is -2.92. The molecule has 0 bridgehead atoms. The van der Waals surface area contributed by atoms with Gasteiger partial charge in [-0.3, -0.25) is 0 Å². The molecule has 2 N–H and O–H groups in total. The summed E-state index contributed by atoms with van der Waals surface area (Å²) >= 11 is 0. The Morgan fingerprint density at radius 2 is 2.31 bits per heavy atom. The Labute approximate surface area is 89.4 Å². The maximum atomic E-state index is 12.6. The van der Waals surface area contributed by atoms with Crippen molar-refractivity contribution in [2.24, 2.45) is 0 Å². The van der Waals surface area contributed by atoms with E-state index in [1.807, 2.05) is 0 Å². The van der Waals surface area contributed by atoms with Crippen molar-refractivity contribution in [3.8, 4) is 6.07 Å². The average molecular weight is 227 g/mol. The summed E-state index contributed by atoms with van der Waals surface area (Å²) in [5.74, 6) is -1.04. The Hall–Kier alpha value is -2.23. The fraction of sp³-hybridized carbons (Fsp3) is 0.222. The van der Waals surface area contributed by atoms with Gasteiger partial charge in [0.15, 0.2) is 11.4 Å². The van der Waals surface area contributed by atoms with Gasteiger partial charge in [-0.05, 0) is 6.07 Å². The number of hydrogen-bond acceptors (Lipinski definition) is 5. The van der Waals surface area contributed by atoms with Gasteiger partial charge in [-0.15, -0.1) is 0 Å². The number of alkyl halides is 2. The number of nitrogens with two attached hydrogens (primary N) is 1. The molecule has 0 saturated heterocycles. The zero-order chi connectivity index (χ0) is 12.3. The minimum Gasteiger partial charge on any atom is -0.464 e. The van der Waals surface area contributed by atoms with Crippen LogP contribution in [0.5, 0.6) is 0 Å². The molecule has 0 spiro atoms. The van der Waals surface area contributed by atoms with Gasteiger partial charge >= 0.3 is 5.97 Å². The first-order chi connectivity index (χ1) is 7.51. The van der Waals surface area contributed by atoms with Crippen LogP contribution in [0.1, 0.15) is 28.2 Å². The predicted molar refractivity (Wildman–Crippen MR) is 49.7 cm³/mol. The average Bonchev–Trinajstić information content (AvgIpc) is 2.27. The molecular formula is C9H7F2N3O2. The van der Waals surface area contributed by atoms with Crippen LogP contribution in [0, 0.1) is 11.3 Å². The van der Waals surface area contributed by atoms with Crippen molar-refractivity contribution in [1.29, 1.82) is 5.26 Å². The van der Waals surface area contributed by atoms with Crippen molar-refractivity contribution in [2.45, 2.75) is 6.43 Å². The molecule has 16 heavy (non-hydrogen) atoms. The number of nitrogen functional groups attached to an aromatic ring is 1. The van der Waals surface area contributed by atoms with Crippen molar-refractivity contribution < 1.29 is 18.3 Å². The lowest BCUT2D eigenvalue weighted by Crippen LogP contribution is -2.11.